The van der Waals surface area contributed by atoms with Gasteiger partial charge in [0, 0.05) is 21.8 Å². The number of halogens is 3. The van der Waals surface area contributed by atoms with Crippen LogP contribution < -0.4 is 20.9 Å². The number of para-hydroxylation sites is 1. The Kier molecular flexibility index (Phi) is 12.5. The fraction of sp³-hybridized carbons (Fsp3) is 0.268. The Hall–Kier alpha value is -5.08. The van der Waals surface area contributed by atoms with Gasteiger partial charge in [0.1, 0.15) is 22.2 Å². The summed E-state index contributed by atoms with van der Waals surface area (Å²) in [5.74, 6) is -0.329. The van der Waals surface area contributed by atoms with Crippen molar-refractivity contribution in [2.24, 2.45) is 0 Å². The van der Waals surface area contributed by atoms with Gasteiger partial charge in [0.25, 0.3) is 17.4 Å². The molecule has 0 atom stereocenters. The van der Waals surface area contributed by atoms with Gasteiger partial charge in [-0.15, -0.1) is 5.10 Å². The second-order valence-corrected chi connectivity index (χ2v) is 16.8. The lowest BCUT2D eigenvalue weighted by Crippen LogP contribution is -2.24. The average molecular weight is 848 g/mol. The summed E-state index contributed by atoms with van der Waals surface area (Å²) in [5.41, 5.74) is 2.80. The van der Waals surface area contributed by atoms with Crippen molar-refractivity contribution in [3.8, 4) is 17.1 Å². The maximum atomic E-state index is 14.1. The van der Waals surface area contributed by atoms with Crippen LogP contribution in [-0.2, 0) is 15.6 Å². The summed E-state index contributed by atoms with van der Waals surface area (Å²) in [7, 11) is 0. The van der Waals surface area contributed by atoms with Gasteiger partial charge in [-0.25, -0.2) is 4.68 Å². The summed E-state index contributed by atoms with van der Waals surface area (Å²) in [6.45, 7) is 12.8. The van der Waals surface area contributed by atoms with Crippen LogP contribution in [0.2, 0.25) is 15.1 Å². The number of aromatic nitrogens is 6. The molecule has 2 aromatic heterocycles. The number of amides is 2. The molecule has 0 aliphatic carbocycles. The van der Waals surface area contributed by atoms with Gasteiger partial charge < -0.3 is 15.4 Å². The highest BCUT2D eigenvalue weighted by Gasteiger charge is 2.28. The molecular weight excluding hydrogens is 807 g/mol. The number of nitrogens with zero attached hydrogens (tertiary/aromatic N) is 5. The number of anilines is 2. The Morgan fingerprint density at radius 3 is 2.25 bits per heavy atom. The lowest BCUT2D eigenvalue weighted by Gasteiger charge is -2.30. The van der Waals surface area contributed by atoms with Crippen LogP contribution in [0.3, 0.4) is 0 Å². The molecule has 4 aromatic carbocycles. The molecule has 0 bridgehead atoms. The normalized spacial score (nSPS) is 11.7. The first kappa shape index (κ1) is 41.6. The Morgan fingerprint density at radius 2 is 1.56 bits per heavy atom. The quantitative estimate of drug-likeness (QED) is 0.0981. The summed E-state index contributed by atoms with van der Waals surface area (Å²) in [4.78, 5) is 41.1. The maximum absolute atomic E-state index is 14.1. The highest BCUT2D eigenvalue weighted by Crippen LogP contribution is 2.39. The summed E-state index contributed by atoms with van der Waals surface area (Å²) in [5, 5.41) is 21.2. The van der Waals surface area contributed by atoms with Gasteiger partial charge in [0.05, 0.1) is 15.7 Å². The molecule has 6 aromatic rings. The average Bonchev–Trinajstić information content (AvgIpc) is 3.77. The van der Waals surface area contributed by atoms with Gasteiger partial charge in [-0.3, -0.25) is 19.5 Å². The van der Waals surface area contributed by atoms with Crippen LogP contribution in [0.5, 0.6) is 5.75 Å². The first-order valence-electron chi connectivity index (χ1n) is 18.1. The van der Waals surface area contributed by atoms with Gasteiger partial charge in [-0.2, -0.15) is 4.68 Å². The fourth-order valence-corrected chi connectivity index (χ4v) is 7.69. The standard InChI is InChI=1S/C41H41Cl3N8O4S/c1-7-40(3,4)25-17-18-32(29(20-25)41(5,6)8-2)56-23-33(53)45-27-14-12-13-24(19-27)37(54)46-36-35(57-39-47-49-50-51(39)28-15-10-9-11-16-28)38(55)52(48-36)34-30(43)21-26(42)22-31(34)44/h9-22,48H,7-8,23H2,1-6H3,(H,45,53)(H,46,54). The van der Waals surface area contributed by atoms with Gasteiger partial charge in [-0.1, -0.05) is 113 Å². The Morgan fingerprint density at radius 1 is 0.860 bits per heavy atom. The van der Waals surface area contributed by atoms with E-state index < -0.39 is 17.4 Å². The van der Waals surface area contributed by atoms with E-state index in [4.69, 9.17) is 39.5 Å². The van der Waals surface area contributed by atoms with E-state index in [2.05, 4.69) is 84.9 Å². The van der Waals surface area contributed by atoms with Crippen LogP contribution in [0.4, 0.5) is 11.5 Å². The van der Waals surface area contributed by atoms with Crippen molar-refractivity contribution in [1.82, 2.24) is 30.0 Å². The molecule has 0 unspecified atom stereocenters. The highest BCUT2D eigenvalue weighted by atomic mass is 35.5. The predicted molar refractivity (Wildman–Crippen MR) is 226 cm³/mol. The van der Waals surface area contributed by atoms with Crippen molar-refractivity contribution in [3.05, 3.63) is 127 Å². The minimum atomic E-state index is -0.598. The van der Waals surface area contributed by atoms with E-state index in [-0.39, 0.29) is 59.6 Å². The number of carbonyl (C=O) groups is 2. The first-order chi connectivity index (χ1) is 27.1. The number of nitrogens with one attached hydrogen (secondary N) is 3. The lowest BCUT2D eigenvalue weighted by atomic mass is 9.76. The van der Waals surface area contributed by atoms with Gasteiger partial charge in [-0.05, 0) is 100.0 Å². The molecule has 0 radical (unpaired) electrons. The van der Waals surface area contributed by atoms with Crippen molar-refractivity contribution in [1.29, 1.82) is 0 Å². The number of H-pyrrole nitrogens is 1. The molecule has 3 N–H and O–H groups in total. The molecule has 16 heteroatoms. The minimum absolute atomic E-state index is 0.00957. The van der Waals surface area contributed by atoms with E-state index in [9.17, 15) is 14.4 Å². The molecule has 6 rings (SSSR count). The molecule has 0 spiro atoms. The van der Waals surface area contributed by atoms with Crippen molar-refractivity contribution >= 4 is 69.9 Å². The third kappa shape index (κ3) is 9.23. The smallest absolute Gasteiger partial charge is 0.287 e. The van der Waals surface area contributed by atoms with Crippen LogP contribution in [0.1, 0.15) is 75.9 Å². The number of ether oxygens (including phenoxy) is 1. The van der Waals surface area contributed by atoms with Gasteiger partial charge >= 0.3 is 0 Å². The highest BCUT2D eigenvalue weighted by molar-refractivity contribution is 7.99. The van der Waals surface area contributed by atoms with Crippen LogP contribution >= 0.6 is 46.6 Å². The molecule has 0 fully saturated rings. The van der Waals surface area contributed by atoms with E-state index in [1.54, 1.807) is 30.3 Å². The SMILES string of the molecule is CCC(C)(C)c1ccc(OCC(=O)Nc2cccc(C(=O)Nc3[nH]n(-c4c(Cl)cc(Cl)cc4Cl)c(=O)c3Sc3nnnn3-c3ccccc3)c2)c(C(C)(C)CC)c1. The Bertz CT molecular complexity index is 2470. The first-order valence-corrected chi connectivity index (χ1v) is 20.1. The molecule has 2 heterocycles. The largest absolute Gasteiger partial charge is 0.483 e. The Labute approximate surface area is 349 Å². The number of tetrazole rings is 1. The minimum Gasteiger partial charge on any atom is -0.483 e. The van der Waals surface area contributed by atoms with Crippen molar-refractivity contribution in [3.63, 3.8) is 0 Å². The molecule has 0 aliphatic rings. The van der Waals surface area contributed by atoms with Crippen molar-refractivity contribution in [2.45, 2.75) is 75.3 Å². The second kappa shape index (κ2) is 17.2. The molecule has 0 aliphatic heterocycles. The van der Waals surface area contributed by atoms with Crippen LogP contribution in [0, 0.1) is 0 Å². The number of aromatic amines is 1. The molecule has 0 saturated carbocycles. The Balaban J connectivity index is 1.24. The number of hydrogen-bond acceptors (Lipinski definition) is 8. The van der Waals surface area contributed by atoms with Crippen LogP contribution in [-0.4, -0.2) is 48.4 Å². The molecule has 2 amide bonds. The van der Waals surface area contributed by atoms with E-state index in [0.29, 0.717) is 17.1 Å². The van der Waals surface area contributed by atoms with Crippen LogP contribution in [0.25, 0.3) is 11.4 Å². The van der Waals surface area contributed by atoms with E-state index >= 15 is 0 Å². The van der Waals surface area contributed by atoms with Crippen LogP contribution in [0.15, 0.2) is 99.8 Å². The number of rotatable bonds is 14. The van der Waals surface area contributed by atoms with Gasteiger partial charge in [0.2, 0.25) is 5.16 Å². The third-order valence-corrected chi connectivity index (χ3v) is 11.8. The summed E-state index contributed by atoms with van der Waals surface area (Å²) in [6.07, 6.45) is 1.86. The lowest BCUT2D eigenvalue weighted by molar-refractivity contribution is -0.118. The second-order valence-electron chi connectivity index (χ2n) is 14.5. The third-order valence-electron chi connectivity index (χ3n) is 9.95. The summed E-state index contributed by atoms with van der Waals surface area (Å²) in [6, 6.07) is 24.6. The molecular formula is C41H41Cl3N8O4S. The van der Waals surface area contributed by atoms with E-state index in [1.807, 2.05) is 24.3 Å². The molecule has 296 valence electrons. The monoisotopic (exact) mass is 846 g/mol. The zero-order valence-electron chi connectivity index (χ0n) is 32.1. The zero-order valence-corrected chi connectivity index (χ0v) is 35.2. The van der Waals surface area contributed by atoms with E-state index in [1.165, 1.54) is 28.4 Å². The zero-order chi connectivity index (χ0) is 41.1. The number of carbonyl (C=O) groups excluding carboxylic acids is 2. The number of hydrogen-bond donors (Lipinski definition) is 3. The molecule has 0 saturated heterocycles. The summed E-state index contributed by atoms with van der Waals surface area (Å²) < 4.78 is 8.68. The molecule has 12 nitrogen and oxygen atoms in total. The van der Waals surface area contributed by atoms with Gasteiger partial charge in [0.15, 0.2) is 6.61 Å². The topological polar surface area (TPSA) is 149 Å². The van der Waals surface area contributed by atoms with Crippen molar-refractivity contribution in [2.75, 3.05) is 17.2 Å². The fourth-order valence-electron chi connectivity index (χ4n) is 5.84. The molecule has 57 heavy (non-hydrogen) atoms. The number of benzene rings is 4. The predicted octanol–water partition coefficient (Wildman–Crippen LogP) is 9.90. The summed E-state index contributed by atoms with van der Waals surface area (Å²) >= 11 is 20.1. The van der Waals surface area contributed by atoms with Crippen molar-refractivity contribution < 1.29 is 14.3 Å². The van der Waals surface area contributed by atoms with E-state index in [0.717, 1.165) is 34.8 Å². The maximum Gasteiger partial charge on any atom is 0.287 e.